The van der Waals surface area contributed by atoms with Gasteiger partial charge >= 0.3 is 0 Å². The molecule has 10 heteroatoms. The number of hydrogen-bond donors (Lipinski definition) is 2. The van der Waals surface area contributed by atoms with Crippen LogP contribution in [-0.2, 0) is 4.79 Å². The fourth-order valence-electron chi connectivity index (χ4n) is 4.32. The standard InChI is InChI=1S/C24H23N7O3/c1-14-10-31(11-14)19-4-3-16(8-20(19)33-2)27-22-23-25-5-6-30(23)12-18(29-22)15-7-17-24(26-9-15)34-13-21(32)28-17/h3-9,12,14H,10-11,13H2,1-2H3,(H,27,29)(H,28,32). The molecule has 0 saturated carbocycles. The maximum atomic E-state index is 11.7. The zero-order valence-electron chi connectivity index (χ0n) is 18.8. The number of nitrogens with zero attached hydrogens (tertiary/aromatic N) is 5. The maximum absolute atomic E-state index is 11.7. The first-order valence-electron chi connectivity index (χ1n) is 11.0. The van der Waals surface area contributed by atoms with Crippen LogP contribution in [0.3, 0.4) is 0 Å². The summed E-state index contributed by atoms with van der Waals surface area (Å²) in [6.45, 7) is 4.27. The predicted molar refractivity (Wildman–Crippen MR) is 128 cm³/mol. The number of fused-ring (bicyclic) bond motifs is 2. The molecule has 5 heterocycles. The van der Waals surface area contributed by atoms with E-state index in [1.807, 2.05) is 28.9 Å². The summed E-state index contributed by atoms with van der Waals surface area (Å²) in [5.41, 5.74) is 4.54. The van der Waals surface area contributed by atoms with E-state index in [1.54, 1.807) is 25.6 Å². The SMILES string of the molecule is COc1cc(Nc2nc(-c3cnc4c(c3)NC(=O)CO4)cn3ccnc23)ccc1N1CC(C)C1. The minimum absolute atomic E-state index is 0.0360. The summed E-state index contributed by atoms with van der Waals surface area (Å²) in [5, 5.41) is 6.18. The smallest absolute Gasteiger partial charge is 0.262 e. The molecule has 0 atom stereocenters. The molecule has 2 aliphatic heterocycles. The third-order valence-corrected chi connectivity index (χ3v) is 5.98. The molecule has 0 unspecified atom stereocenters. The molecule has 34 heavy (non-hydrogen) atoms. The Morgan fingerprint density at radius 2 is 2.12 bits per heavy atom. The van der Waals surface area contributed by atoms with Gasteiger partial charge in [-0.1, -0.05) is 6.92 Å². The van der Waals surface area contributed by atoms with Crippen LogP contribution in [0.4, 0.5) is 22.9 Å². The maximum Gasteiger partial charge on any atom is 0.262 e. The lowest BCUT2D eigenvalue weighted by atomic mass is 10.0. The van der Waals surface area contributed by atoms with Crippen molar-refractivity contribution in [3.8, 4) is 22.9 Å². The van der Waals surface area contributed by atoms with E-state index >= 15 is 0 Å². The molecular formula is C24H23N7O3. The number of carbonyl (C=O) groups excluding carboxylic acids is 1. The monoisotopic (exact) mass is 457 g/mol. The van der Waals surface area contributed by atoms with Gasteiger partial charge in [-0.15, -0.1) is 0 Å². The van der Waals surface area contributed by atoms with Gasteiger partial charge in [0.25, 0.3) is 5.91 Å². The summed E-state index contributed by atoms with van der Waals surface area (Å²) in [6, 6.07) is 7.86. The van der Waals surface area contributed by atoms with Gasteiger partial charge < -0.3 is 29.4 Å². The number of benzene rings is 1. The van der Waals surface area contributed by atoms with Gasteiger partial charge in [0, 0.05) is 55.2 Å². The number of anilines is 4. The number of pyridine rings is 1. The predicted octanol–water partition coefficient (Wildman–Crippen LogP) is 3.33. The van der Waals surface area contributed by atoms with E-state index in [2.05, 4.69) is 38.5 Å². The highest BCUT2D eigenvalue weighted by molar-refractivity contribution is 5.95. The molecular weight excluding hydrogens is 434 g/mol. The van der Waals surface area contributed by atoms with Crippen LogP contribution in [0.2, 0.25) is 0 Å². The number of nitrogens with one attached hydrogen (secondary N) is 2. The molecule has 2 aliphatic rings. The van der Waals surface area contributed by atoms with Gasteiger partial charge in [-0.3, -0.25) is 4.79 Å². The molecule has 0 bridgehead atoms. The van der Waals surface area contributed by atoms with E-state index in [4.69, 9.17) is 14.5 Å². The average molecular weight is 457 g/mol. The van der Waals surface area contributed by atoms with Crippen LogP contribution in [0.5, 0.6) is 11.6 Å². The third-order valence-electron chi connectivity index (χ3n) is 5.98. The fourth-order valence-corrected chi connectivity index (χ4v) is 4.32. The van der Waals surface area contributed by atoms with Crippen molar-refractivity contribution in [1.82, 2.24) is 19.4 Å². The Kier molecular flexibility index (Phi) is 4.72. The largest absolute Gasteiger partial charge is 0.495 e. The van der Waals surface area contributed by atoms with E-state index < -0.39 is 0 Å². The van der Waals surface area contributed by atoms with Crippen molar-refractivity contribution in [2.45, 2.75) is 6.92 Å². The van der Waals surface area contributed by atoms with E-state index in [0.717, 1.165) is 35.8 Å². The van der Waals surface area contributed by atoms with Crippen LogP contribution < -0.4 is 25.0 Å². The van der Waals surface area contributed by atoms with E-state index in [-0.39, 0.29) is 12.5 Å². The van der Waals surface area contributed by atoms with Crippen molar-refractivity contribution in [2.24, 2.45) is 5.92 Å². The quantitative estimate of drug-likeness (QED) is 0.470. The molecule has 10 nitrogen and oxygen atoms in total. The molecule has 0 radical (unpaired) electrons. The topological polar surface area (TPSA) is 106 Å². The van der Waals surface area contributed by atoms with Crippen LogP contribution in [0, 0.1) is 5.92 Å². The van der Waals surface area contributed by atoms with Gasteiger partial charge in [0.05, 0.1) is 18.5 Å². The van der Waals surface area contributed by atoms with Crippen molar-refractivity contribution >= 4 is 34.4 Å². The molecule has 1 amide bonds. The minimum Gasteiger partial charge on any atom is -0.495 e. The number of methoxy groups -OCH3 is 1. The molecule has 4 aromatic rings. The van der Waals surface area contributed by atoms with Crippen molar-refractivity contribution in [2.75, 3.05) is 42.3 Å². The van der Waals surface area contributed by atoms with Crippen LogP contribution in [0.25, 0.3) is 16.9 Å². The summed E-state index contributed by atoms with van der Waals surface area (Å²) < 4.78 is 12.9. The van der Waals surface area contributed by atoms with Crippen LogP contribution in [0.1, 0.15) is 6.92 Å². The first-order valence-corrected chi connectivity index (χ1v) is 11.0. The van der Waals surface area contributed by atoms with Crippen LogP contribution >= 0.6 is 0 Å². The number of imidazole rings is 1. The molecule has 1 aromatic carbocycles. The number of aromatic nitrogens is 4. The summed E-state index contributed by atoms with van der Waals surface area (Å²) in [4.78, 5) is 27.6. The zero-order chi connectivity index (χ0) is 23.2. The highest BCUT2D eigenvalue weighted by Gasteiger charge is 2.25. The van der Waals surface area contributed by atoms with Crippen molar-refractivity contribution in [3.63, 3.8) is 0 Å². The number of rotatable bonds is 5. The average Bonchev–Trinajstić information content (AvgIpc) is 3.31. The van der Waals surface area contributed by atoms with E-state index in [1.165, 1.54) is 0 Å². The molecule has 172 valence electrons. The van der Waals surface area contributed by atoms with Gasteiger partial charge in [0.1, 0.15) is 11.4 Å². The normalized spacial score (nSPS) is 15.4. The number of hydrogen-bond acceptors (Lipinski definition) is 8. The highest BCUT2D eigenvalue weighted by Crippen LogP contribution is 2.36. The zero-order valence-corrected chi connectivity index (χ0v) is 18.8. The molecule has 6 rings (SSSR count). The van der Waals surface area contributed by atoms with Crippen LogP contribution in [-0.4, -0.2) is 52.1 Å². The molecule has 0 aliphatic carbocycles. The Balaban J connectivity index is 1.35. The lowest BCUT2D eigenvalue weighted by Gasteiger charge is -2.39. The third kappa shape index (κ3) is 3.53. The second kappa shape index (κ2) is 7.91. The Morgan fingerprint density at radius 1 is 1.24 bits per heavy atom. The molecule has 1 fully saturated rings. The minimum atomic E-state index is -0.211. The summed E-state index contributed by atoms with van der Waals surface area (Å²) in [5.74, 6) is 2.28. The number of ether oxygens (including phenoxy) is 2. The Hall–Kier alpha value is -4.34. The Morgan fingerprint density at radius 3 is 2.94 bits per heavy atom. The summed E-state index contributed by atoms with van der Waals surface area (Å²) in [7, 11) is 1.68. The van der Waals surface area contributed by atoms with Crippen molar-refractivity contribution in [3.05, 3.63) is 49.1 Å². The molecule has 0 spiro atoms. The van der Waals surface area contributed by atoms with Crippen LogP contribution in [0.15, 0.2) is 49.1 Å². The van der Waals surface area contributed by atoms with Crippen molar-refractivity contribution in [1.29, 1.82) is 0 Å². The van der Waals surface area contributed by atoms with Gasteiger partial charge in [-0.05, 0) is 24.1 Å². The second-order valence-electron chi connectivity index (χ2n) is 8.57. The lowest BCUT2D eigenvalue weighted by Crippen LogP contribution is -2.45. The Bertz CT molecular complexity index is 1410. The van der Waals surface area contributed by atoms with Gasteiger partial charge in [0.2, 0.25) is 5.88 Å². The number of amides is 1. The van der Waals surface area contributed by atoms with Gasteiger partial charge in [-0.25, -0.2) is 15.0 Å². The summed E-state index contributed by atoms with van der Waals surface area (Å²) >= 11 is 0. The van der Waals surface area contributed by atoms with Gasteiger partial charge in [0.15, 0.2) is 18.1 Å². The first kappa shape index (κ1) is 20.3. The summed E-state index contributed by atoms with van der Waals surface area (Å²) in [6.07, 6.45) is 7.13. The first-order chi connectivity index (χ1) is 16.6. The molecule has 3 aromatic heterocycles. The molecule has 1 saturated heterocycles. The Labute approximate surface area is 195 Å². The lowest BCUT2D eigenvalue weighted by molar-refractivity contribution is -0.118. The fraction of sp³-hybridized carbons (Fsp3) is 0.250. The van der Waals surface area contributed by atoms with Crippen molar-refractivity contribution < 1.29 is 14.3 Å². The van der Waals surface area contributed by atoms with Gasteiger partial charge in [-0.2, -0.15) is 0 Å². The van der Waals surface area contributed by atoms with E-state index in [9.17, 15) is 4.79 Å². The highest BCUT2D eigenvalue weighted by atomic mass is 16.5. The number of carbonyl (C=O) groups is 1. The molecule has 2 N–H and O–H groups in total. The van der Waals surface area contributed by atoms with E-state index in [0.29, 0.717) is 34.6 Å². The second-order valence-corrected chi connectivity index (χ2v) is 8.57.